The summed E-state index contributed by atoms with van der Waals surface area (Å²) in [6.45, 7) is 3.12. The average Bonchev–Trinajstić information content (AvgIpc) is 2.64. The first-order valence-electron chi connectivity index (χ1n) is 5.74. The van der Waals surface area contributed by atoms with E-state index >= 15 is 0 Å². The van der Waals surface area contributed by atoms with Gasteiger partial charge in [-0.3, -0.25) is 0 Å². The van der Waals surface area contributed by atoms with Crippen molar-refractivity contribution in [2.24, 2.45) is 0 Å². The second kappa shape index (κ2) is 6.39. The highest BCUT2D eigenvalue weighted by Gasteiger charge is 2.13. The van der Waals surface area contributed by atoms with Gasteiger partial charge in [-0.15, -0.1) is 0 Å². The van der Waals surface area contributed by atoms with Crippen LogP contribution in [0, 0.1) is 0 Å². The monoisotopic (exact) mass is 185 g/mol. The largest absolute Gasteiger partial charge is 0.393 e. The van der Waals surface area contributed by atoms with Crippen LogP contribution in [-0.2, 0) is 0 Å². The highest BCUT2D eigenvalue weighted by molar-refractivity contribution is 4.73. The van der Waals surface area contributed by atoms with Gasteiger partial charge in [0.25, 0.3) is 0 Å². The molecule has 78 valence electrons. The number of hydrogen-bond donors (Lipinski definition) is 2. The van der Waals surface area contributed by atoms with E-state index in [1.165, 1.54) is 25.7 Å². The predicted octanol–water partition coefficient (Wildman–Crippen LogP) is 2.07. The van der Waals surface area contributed by atoms with Gasteiger partial charge in [0.1, 0.15) is 0 Å². The topological polar surface area (TPSA) is 32.3 Å². The van der Waals surface area contributed by atoms with Crippen LogP contribution in [0.25, 0.3) is 0 Å². The first kappa shape index (κ1) is 11.0. The Balaban J connectivity index is 1.88. The molecule has 0 radical (unpaired) electrons. The van der Waals surface area contributed by atoms with Crippen LogP contribution in [0.3, 0.4) is 0 Å². The Bertz CT molecular complexity index is 121. The summed E-state index contributed by atoms with van der Waals surface area (Å²) in [6.07, 6.45) is 8.40. The van der Waals surface area contributed by atoms with Crippen molar-refractivity contribution in [1.29, 1.82) is 0 Å². The smallest absolute Gasteiger partial charge is 0.0538 e. The molecule has 0 aromatic rings. The third kappa shape index (κ3) is 4.63. The van der Waals surface area contributed by atoms with Crippen molar-refractivity contribution in [1.82, 2.24) is 5.32 Å². The Morgan fingerprint density at radius 1 is 1.38 bits per heavy atom. The third-order valence-corrected chi connectivity index (χ3v) is 2.97. The quantitative estimate of drug-likeness (QED) is 0.621. The molecule has 2 heteroatoms. The van der Waals surface area contributed by atoms with E-state index in [9.17, 15) is 5.11 Å². The maximum atomic E-state index is 9.32. The van der Waals surface area contributed by atoms with E-state index in [0.29, 0.717) is 0 Å². The van der Waals surface area contributed by atoms with Gasteiger partial charge < -0.3 is 10.4 Å². The lowest BCUT2D eigenvalue weighted by molar-refractivity contribution is 0.157. The van der Waals surface area contributed by atoms with E-state index < -0.39 is 0 Å². The molecule has 1 atom stereocenters. The fourth-order valence-corrected chi connectivity index (χ4v) is 1.98. The summed E-state index contributed by atoms with van der Waals surface area (Å²) in [5.74, 6) is 0. The first-order chi connectivity index (χ1) is 6.33. The van der Waals surface area contributed by atoms with Gasteiger partial charge in [0.2, 0.25) is 0 Å². The van der Waals surface area contributed by atoms with Crippen molar-refractivity contribution in [2.45, 2.75) is 64.0 Å². The summed E-state index contributed by atoms with van der Waals surface area (Å²) < 4.78 is 0. The van der Waals surface area contributed by atoms with E-state index in [0.717, 1.165) is 31.8 Å². The SMILES string of the molecule is CCC(O)CCCNC1CCCC1. The van der Waals surface area contributed by atoms with Gasteiger partial charge in [-0.2, -0.15) is 0 Å². The van der Waals surface area contributed by atoms with Crippen LogP contribution in [0.15, 0.2) is 0 Å². The van der Waals surface area contributed by atoms with Gasteiger partial charge in [0, 0.05) is 6.04 Å². The van der Waals surface area contributed by atoms with Crippen LogP contribution in [0.2, 0.25) is 0 Å². The number of aliphatic hydroxyl groups is 1. The van der Waals surface area contributed by atoms with Crippen LogP contribution >= 0.6 is 0 Å². The van der Waals surface area contributed by atoms with E-state index in [1.54, 1.807) is 0 Å². The van der Waals surface area contributed by atoms with E-state index in [4.69, 9.17) is 0 Å². The van der Waals surface area contributed by atoms with Crippen molar-refractivity contribution >= 4 is 0 Å². The van der Waals surface area contributed by atoms with Gasteiger partial charge in [0.05, 0.1) is 6.10 Å². The number of rotatable bonds is 6. The zero-order valence-electron chi connectivity index (χ0n) is 8.76. The Morgan fingerprint density at radius 3 is 2.69 bits per heavy atom. The number of nitrogens with one attached hydrogen (secondary N) is 1. The molecule has 2 N–H and O–H groups in total. The number of aliphatic hydroxyl groups excluding tert-OH is 1. The van der Waals surface area contributed by atoms with Crippen molar-refractivity contribution in [3.63, 3.8) is 0 Å². The molecule has 0 heterocycles. The molecule has 0 aliphatic heterocycles. The third-order valence-electron chi connectivity index (χ3n) is 2.97. The highest BCUT2D eigenvalue weighted by atomic mass is 16.3. The molecule has 13 heavy (non-hydrogen) atoms. The zero-order valence-corrected chi connectivity index (χ0v) is 8.76. The molecule has 2 nitrogen and oxygen atoms in total. The van der Waals surface area contributed by atoms with Gasteiger partial charge in [0.15, 0.2) is 0 Å². The Morgan fingerprint density at radius 2 is 2.08 bits per heavy atom. The van der Waals surface area contributed by atoms with Gasteiger partial charge in [-0.1, -0.05) is 19.8 Å². The number of hydrogen-bond acceptors (Lipinski definition) is 2. The maximum Gasteiger partial charge on any atom is 0.0538 e. The van der Waals surface area contributed by atoms with Crippen molar-refractivity contribution in [3.8, 4) is 0 Å². The highest BCUT2D eigenvalue weighted by Crippen LogP contribution is 2.17. The second-order valence-corrected chi connectivity index (χ2v) is 4.14. The molecule has 0 amide bonds. The lowest BCUT2D eigenvalue weighted by Gasteiger charge is -2.12. The minimum atomic E-state index is -0.0784. The molecular formula is C11H23NO. The van der Waals surface area contributed by atoms with Gasteiger partial charge >= 0.3 is 0 Å². The fourth-order valence-electron chi connectivity index (χ4n) is 1.98. The summed E-state index contributed by atoms with van der Waals surface area (Å²) in [5.41, 5.74) is 0. The summed E-state index contributed by atoms with van der Waals surface area (Å²) >= 11 is 0. The predicted molar refractivity (Wildman–Crippen MR) is 55.8 cm³/mol. The normalized spacial score (nSPS) is 20.8. The standard InChI is InChI=1S/C11H23NO/c1-2-11(13)8-5-9-12-10-6-3-4-7-10/h10-13H,2-9H2,1H3. The molecule has 0 bridgehead atoms. The fraction of sp³-hybridized carbons (Fsp3) is 1.00. The minimum absolute atomic E-state index is 0.0784. The van der Waals surface area contributed by atoms with Crippen LogP contribution in [0.1, 0.15) is 51.9 Å². The Kier molecular flexibility index (Phi) is 5.40. The van der Waals surface area contributed by atoms with Crippen LogP contribution in [0.5, 0.6) is 0 Å². The molecule has 1 aliphatic rings. The minimum Gasteiger partial charge on any atom is -0.393 e. The molecule has 0 aromatic carbocycles. The van der Waals surface area contributed by atoms with E-state index in [2.05, 4.69) is 5.32 Å². The second-order valence-electron chi connectivity index (χ2n) is 4.14. The average molecular weight is 185 g/mol. The van der Waals surface area contributed by atoms with Crippen LogP contribution in [0.4, 0.5) is 0 Å². The van der Waals surface area contributed by atoms with Crippen molar-refractivity contribution < 1.29 is 5.11 Å². The van der Waals surface area contributed by atoms with Crippen molar-refractivity contribution in [2.75, 3.05) is 6.54 Å². The van der Waals surface area contributed by atoms with Gasteiger partial charge in [-0.25, -0.2) is 0 Å². The molecule has 0 saturated heterocycles. The van der Waals surface area contributed by atoms with Crippen LogP contribution in [-0.4, -0.2) is 23.8 Å². The molecule has 1 fully saturated rings. The molecule has 0 aromatic heterocycles. The molecule has 0 spiro atoms. The molecule has 1 aliphatic carbocycles. The molecule has 1 saturated carbocycles. The summed E-state index contributed by atoms with van der Waals surface area (Å²) in [4.78, 5) is 0. The van der Waals surface area contributed by atoms with Crippen molar-refractivity contribution in [3.05, 3.63) is 0 Å². The molecule has 1 unspecified atom stereocenters. The molecular weight excluding hydrogens is 162 g/mol. The lowest BCUT2D eigenvalue weighted by Crippen LogP contribution is -2.27. The van der Waals surface area contributed by atoms with Crippen LogP contribution < -0.4 is 5.32 Å². The summed E-state index contributed by atoms with van der Waals surface area (Å²) in [6, 6.07) is 0.777. The van der Waals surface area contributed by atoms with E-state index in [1.807, 2.05) is 6.92 Å². The Labute approximate surface area is 81.7 Å². The molecule has 1 rings (SSSR count). The lowest BCUT2D eigenvalue weighted by atomic mass is 10.1. The summed E-state index contributed by atoms with van der Waals surface area (Å²) in [7, 11) is 0. The van der Waals surface area contributed by atoms with E-state index in [-0.39, 0.29) is 6.10 Å². The zero-order chi connectivity index (χ0) is 9.52. The Hall–Kier alpha value is -0.0800. The maximum absolute atomic E-state index is 9.32. The first-order valence-corrected chi connectivity index (χ1v) is 5.74. The van der Waals surface area contributed by atoms with Gasteiger partial charge in [-0.05, 0) is 38.6 Å². The summed E-state index contributed by atoms with van der Waals surface area (Å²) in [5, 5.41) is 12.9.